The summed E-state index contributed by atoms with van der Waals surface area (Å²) in [6, 6.07) is 18.4. The predicted octanol–water partition coefficient (Wildman–Crippen LogP) is 4.90. The Morgan fingerprint density at radius 3 is 2.46 bits per heavy atom. The molecule has 1 N–H and O–H groups in total. The van der Waals surface area contributed by atoms with Crippen LogP contribution in [0, 0.1) is 0 Å². The van der Waals surface area contributed by atoms with Crippen LogP contribution in [0.5, 0.6) is 0 Å². The molecule has 0 bridgehead atoms. The maximum absolute atomic E-state index is 5.91. The van der Waals surface area contributed by atoms with E-state index >= 15 is 0 Å². The number of rotatable bonds is 6. The standard InChI is InChI=1S/C20H19ClN2S/c21-19-6-3-15(4-7-19)12-23-14-18-11-16(5-8-20(18)24)10-17-2-1-9-22-13-17/h1-9,11,13,23-24H,10,12,14H2. The summed E-state index contributed by atoms with van der Waals surface area (Å²) in [6.07, 6.45) is 4.59. The van der Waals surface area contributed by atoms with E-state index < -0.39 is 0 Å². The van der Waals surface area contributed by atoms with Crippen LogP contribution < -0.4 is 5.32 Å². The molecule has 0 aliphatic carbocycles. The van der Waals surface area contributed by atoms with Gasteiger partial charge in [-0.05, 0) is 52.9 Å². The first-order valence-corrected chi connectivity index (χ1v) is 8.68. The number of pyridine rings is 1. The van der Waals surface area contributed by atoms with Crippen molar-refractivity contribution in [3.63, 3.8) is 0 Å². The molecule has 122 valence electrons. The molecular formula is C20H19ClN2S. The van der Waals surface area contributed by atoms with E-state index in [2.05, 4.69) is 47.2 Å². The Labute approximate surface area is 153 Å². The Balaban J connectivity index is 1.62. The quantitative estimate of drug-likeness (QED) is 0.615. The lowest BCUT2D eigenvalue weighted by Gasteiger charge is -2.10. The molecule has 2 aromatic carbocycles. The Bertz CT molecular complexity index is 788. The summed E-state index contributed by atoms with van der Waals surface area (Å²) in [6.45, 7) is 1.58. The number of benzene rings is 2. The number of hydrogen-bond donors (Lipinski definition) is 2. The van der Waals surface area contributed by atoms with Gasteiger partial charge >= 0.3 is 0 Å². The van der Waals surface area contributed by atoms with Crippen molar-refractivity contribution in [2.75, 3.05) is 0 Å². The summed E-state index contributed by atoms with van der Waals surface area (Å²) in [7, 11) is 0. The summed E-state index contributed by atoms with van der Waals surface area (Å²) in [4.78, 5) is 5.18. The highest BCUT2D eigenvalue weighted by molar-refractivity contribution is 7.80. The molecule has 0 radical (unpaired) electrons. The molecule has 1 aromatic heterocycles. The normalized spacial score (nSPS) is 10.8. The second-order valence-corrected chi connectivity index (χ2v) is 6.65. The second-order valence-electron chi connectivity index (χ2n) is 5.73. The lowest BCUT2D eigenvalue weighted by molar-refractivity contribution is 0.685. The molecule has 0 unspecified atom stereocenters. The summed E-state index contributed by atoms with van der Waals surface area (Å²) in [5, 5.41) is 4.23. The maximum atomic E-state index is 5.91. The minimum absolute atomic E-state index is 0.763. The molecule has 0 aliphatic rings. The monoisotopic (exact) mass is 354 g/mol. The van der Waals surface area contributed by atoms with Gasteiger partial charge in [0.2, 0.25) is 0 Å². The van der Waals surface area contributed by atoms with Crippen LogP contribution in [0.2, 0.25) is 5.02 Å². The zero-order valence-electron chi connectivity index (χ0n) is 13.2. The van der Waals surface area contributed by atoms with Gasteiger partial charge in [-0.2, -0.15) is 0 Å². The zero-order chi connectivity index (χ0) is 16.8. The molecule has 0 spiro atoms. The number of thiol groups is 1. The Kier molecular flexibility index (Phi) is 5.91. The van der Waals surface area contributed by atoms with Crippen LogP contribution in [-0.2, 0) is 19.5 Å². The van der Waals surface area contributed by atoms with Crippen molar-refractivity contribution in [2.45, 2.75) is 24.4 Å². The maximum Gasteiger partial charge on any atom is 0.0406 e. The molecule has 3 rings (SSSR count). The molecule has 4 heteroatoms. The first-order valence-electron chi connectivity index (χ1n) is 7.85. The van der Waals surface area contributed by atoms with Gasteiger partial charge in [0.15, 0.2) is 0 Å². The molecule has 0 fully saturated rings. The van der Waals surface area contributed by atoms with Gasteiger partial charge in [-0.25, -0.2) is 0 Å². The number of hydrogen-bond acceptors (Lipinski definition) is 3. The van der Waals surface area contributed by atoms with Crippen LogP contribution in [0.15, 0.2) is 71.9 Å². The fourth-order valence-corrected chi connectivity index (χ4v) is 2.92. The van der Waals surface area contributed by atoms with Crippen LogP contribution in [0.3, 0.4) is 0 Å². The van der Waals surface area contributed by atoms with Crippen molar-refractivity contribution < 1.29 is 0 Å². The van der Waals surface area contributed by atoms with E-state index in [0.717, 1.165) is 29.4 Å². The molecule has 1 heterocycles. The molecule has 0 atom stereocenters. The van der Waals surface area contributed by atoms with Crippen molar-refractivity contribution in [1.82, 2.24) is 10.3 Å². The van der Waals surface area contributed by atoms with Gasteiger partial charge in [0.05, 0.1) is 0 Å². The van der Waals surface area contributed by atoms with Crippen LogP contribution in [0.4, 0.5) is 0 Å². The minimum atomic E-state index is 0.763. The van der Waals surface area contributed by atoms with Crippen molar-refractivity contribution in [3.8, 4) is 0 Å². The first-order chi connectivity index (χ1) is 11.7. The highest BCUT2D eigenvalue weighted by Crippen LogP contribution is 2.18. The van der Waals surface area contributed by atoms with E-state index in [4.69, 9.17) is 11.6 Å². The van der Waals surface area contributed by atoms with Gasteiger partial charge < -0.3 is 5.32 Å². The van der Waals surface area contributed by atoms with E-state index in [1.54, 1.807) is 6.20 Å². The molecule has 0 aliphatic heterocycles. The third-order valence-electron chi connectivity index (χ3n) is 3.83. The van der Waals surface area contributed by atoms with Gasteiger partial charge in [-0.3, -0.25) is 4.98 Å². The van der Waals surface area contributed by atoms with Crippen molar-refractivity contribution in [1.29, 1.82) is 0 Å². The molecule has 0 amide bonds. The fourth-order valence-electron chi connectivity index (χ4n) is 2.57. The number of aromatic nitrogens is 1. The van der Waals surface area contributed by atoms with E-state index in [9.17, 15) is 0 Å². The van der Waals surface area contributed by atoms with Gasteiger partial charge in [-0.1, -0.05) is 41.9 Å². The van der Waals surface area contributed by atoms with Gasteiger partial charge in [0.1, 0.15) is 0 Å². The smallest absolute Gasteiger partial charge is 0.0406 e. The molecule has 3 aromatic rings. The van der Waals surface area contributed by atoms with E-state index in [1.807, 2.05) is 36.5 Å². The Morgan fingerprint density at radius 1 is 0.917 bits per heavy atom. The number of nitrogens with zero attached hydrogens (tertiary/aromatic N) is 1. The van der Waals surface area contributed by atoms with E-state index in [1.165, 1.54) is 22.3 Å². The van der Waals surface area contributed by atoms with Crippen LogP contribution in [-0.4, -0.2) is 4.98 Å². The third-order valence-corrected chi connectivity index (χ3v) is 4.52. The Hall–Kier alpha value is -1.81. The average molecular weight is 355 g/mol. The summed E-state index contributed by atoms with van der Waals surface area (Å²) < 4.78 is 0. The first kappa shape index (κ1) is 17.0. The topological polar surface area (TPSA) is 24.9 Å². The highest BCUT2D eigenvalue weighted by Gasteiger charge is 2.03. The molecular weight excluding hydrogens is 336 g/mol. The highest BCUT2D eigenvalue weighted by atomic mass is 35.5. The number of nitrogens with one attached hydrogen (secondary N) is 1. The van der Waals surface area contributed by atoms with Crippen LogP contribution in [0.1, 0.15) is 22.3 Å². The predicted molar refractivity (Wildman–Crippen MR) is 103 cm³/mol. The summed E-state index contributed by atoms with van der Waals surface area (Å²) >= 11 is 10.5. The van der Waals surface area contributed by atoms with Crippen LogP contribution >= 0.6 is 24.2 Å². The molecule has 0 saturated carbocycles. The lowest BCUT2D eigenvalue weighted by Crippen LogP contribution is -2.13. The fraction of sp³-hybridized carbons (Fsp3) is 0.150. The van der Waals surface area contributed by atoms with Crippen molar-refractivity contribution in [2.24, 2.45) is 0 Å². The molecule has 0 saturated heterocycles. The summed E-state index contributed by atoms with van der Waals surface area (Å²) in [5.74, 6) is 0. The van der Waals surface area contributed by atoms with E-state index in [-0.39, 0.29) is 0 Å². The van der Waals surface area contributed by atoms with Gasteiger partial charge in [-0.15, -0.1) is 12.6 Å². The second kappa shape index (κ2) is 8.34. The zero-order valence-corrected chi connectivity index (χ0v) is 14.9. The average Bonchev–Trinajstić information content (AvgIpc) is 2.60. The van der Waals surface area contributed by atoms with Gasteiger partial charge in [0.25, 0.3) is 0 Å². The van der Waals surface area contributed by atoms with Crippen LogP contribution in [0.25, 0.3) is 0 Å². The number of halogens is 1. The lowest BCUT2D eigenvalue weighted by atomic mass is 10.0. The largest absolute Gasteiger partial charge is 0.309 e. The van der Waals surface area contributed by atoms with E-state index in [0.29, 0.717) is 0 Å². The third kappa shape index (κ3) is 4.84. The van der Waals surface area contributed by atoms with Gasteiger partial charge in [0, 0.05) is 35.4 Å². The molecule has 2 nitrogen and oxygen atoms in total. The van der Waals surface area contributed by atoms with Crippen molar-refractivity contribution in [3.05, 3.63) is 94.3 Å². The minimum Gasteiger partial charge on any atom is -0.309 e. The summed E-state index contributed by atoms with van der Waals surface area (Å²) in [5.41, 5.74) is 4.90. The Morgan fingerprint density at radius 2 is 1.71 bits per heavy atom. The van der Waals surface area contributed by atoms with Crippen molar-refractivity contribution >= 4 is 24.2 Å². The molecule has 24 heavy (non-hydrogen) atoms. The SMILES string of the molecule is Sc1ccc(Cc2cccnc2)cc1CNCc1ccc(Cl)cc1.